The standard InChI is InChI=1S/C15H27N3/c1-2-18-14(10-11-16)12-17-15(18)9-8-13-6-4-3-5-7-13/h12-13H,2-11,16H2,1H3. The van der Waals surface area contributed by atoms with E-state index in [1.54, 1.807) is 0 Å². The molecule has 1 heterocycles. The zero-order chi connectivity index (χ0) is 12.8. The van der Waals surface area contributed by atoms with Gasteiger partial charge in [0.05, 0.1) is 0 Å². The van der Waals surface area contributed by atoms with E-state index in [4.69, 9.17) is 5.73 Å². The summed E-state index contributed by atoms with van der Waals surface area (Å²) in [6, 6.07) is 0. The Morgan fingerprint density at radius 1 is 1.28 bits per heavy atom. The Hall–Kier alpha value is -0.830. The van der Waals surface area contributed by atoms with Gasteiger partial charge in [-0.2, -0.15) is 0 Å². The third kappa shape index (κ3) is 3.35. The Morgan fingerprint density at radius 2 is 2.06 bits per heavy atom. The van der Waals surface area contributed by atoms with Crippen molar-refractivity contribution in [3.63, 3.8) is 0 Å². The highest BCUT2D eigenvalue weighted by Gasteiger charge is 2.15. The zero-order valence-electron chi connectivity index (χ0n) is 11.7. The molecule has 3 nitrogen and oxygen atoms in total. The Bertz CT molecular complexity index is 351. The number of hydrogen-bond acceptors (Lipinski definition) is 2. The maximum absolute atomic E-state index is 5.64. The molecule has 0 atom stereocenters. The van der Waals surface area contributed by atoms with Crippen LogP contribution in [0.15, 0.2) is 6.20 Å². The fraction of sp³-hybridized carbons (Fsp3) is 0.800. The van der Waals surface area contributed by atoms with Crippen molar-refractivity contribution in [3.8, 4) is 0 Å². The number of aryl methyl sites for hydroxylation is 1. The Balaban J connectivity index is 1.91. The summed E-state index contributed by atoms with van der Waals surface area (Å²) in [6.07, 6.45) is 12.6. The molecule has 0 unspecified atom stereocenters. The lowest BCUT2D eigenvalue weighted by atomic mass is 9.86. The monoisotopic (exact) mass is 249 g/mol. The summed E-state index contributed by atoms with van der Waals surface area (Å²) < 4.78 is 2.36. The molecule has 1 fully saturated rings. The first-order chi connectivity index (χ1) is 8.85. The van der Waals surface area contributed by atoms with Crippen molar-refractivity contribution in [2.24, 2.45) is 11.7 Å². The van der Waals surface area contributed by atoms with Gasteiger partial charge in [0.1, 0.15) is 5.82 Å². The van der Waals surface area contributed by atoms with Gasteiger partial charge >= 0.3 is 0 Å². The van der Waals surface area contributed by atoms with Gasteiger partial charge in [-0.3, -0.25) is 0 Å². The van der Waals surface area contributed by atoms with Gasteiger partial charge in [-0.15, -0.1) is 0 Å². The Morgan fingerprint density at radius 3 is 2.72 bits per heavy atom. The molecule has 0 radical (unpaired) electrons. The minimum Gasteiger partial charge on any atom is -0.332 e. The first-order valence-electron chi connectivity index (χ1n) is 7.58. The fourth-order valence-corrected chi connectivity index (χ4v) is 3.20. The fourth-order valence-electron chi connectivity index (χ4n) is 3.20. The zero-order valence-corrected chi connectivity index (χ0v) is 11.7. The van der Waals surface area contributed by atoms with E-state index in [0.29, 0.717) is 6.54 Å². The van der Waals surface area contributed by atoms with Crippen LogP contribution in [0.3, 0.4) is 0 Å². The van der Waals surface area contributed by atoms with Gasteiger partial charge in [-0.05, 0) is 25.8 Å². The van der Waals surface area contributed by atoms with Gasteiger partial charge in [0, 0.05) is 31.3 Å². The van der Waals surface area contributed by atoms with E-state index >= 15 is 0 Å². The minimum atomic E-state index is 0.716. The summed E-state index contributed by atoms with van der Waals surface area (Å²) in [4.78, 5) is 4.60. The number of nitrogens with zero attached hydrogens (tertiary/aromatic N) is 2. The molecule has 0 amide bonds. The molecular weight excluding hydrogens is 222 g/mol. The SMILES string of the molecule is CCn1c(CCN)cnc1CCC1CCCCC1. The van der Waals surface area contributed by atoms with E-state index in [0.717, 1.165) is 25.3 Å². The van der Waals surface area contributed by atoms with E-state index in [2.05, 4.69) is 16.5 Å². The summed E-state index contributed by atoms with van der Waals surface area (Å²) in [7, 11) is 0. The summed E-state index contributed by atoms with van der Waals surface area (Å²) in [6.45, 7) is 3.94. The lowest BCUT2D eigenvalue weighted by molar-refractivity contribution is 0.336. The first-order valence-corrected chi connectivity index (χ1v) is 7.58. The normalized spacial score (nSPS) is 17.2. The molecule has 0 aromatic carbocycles. The van der Waals surface area contributed by atoms with Gasteiger partial charge in [-0.1, -0.05) is 32.1 Å². The molecule has 1 saturated carbocycles. The maximum atomic E-state index is 5.64. The van der Waals surface area contributed by atoms with Crippen LogP contribution in [0.1, 0.15) is 57.0 Å². The third-order valence-corrected chi connectivity index (χ3v) is 4.24. The van der Waals surface area contributed by atoms with Gasteiger partial charge in [0.15, 0.2) is 0 Å². The topological polar surface area (TPSA) is 43.8 Å². The van der Waals surface area contributed by atoms with E-state index in [9.17, 15) is 0 Å². The average molecular weight is 249 g/mol. The molecule has 3 heteroatoms. The van der Waals surface area contributed by atoms with Crippen LogP contribution < -0.4 is 5.73 Å². The van der Waals surface area contributed by atoms with Crippen molar-refractivity contribution in [2.45, 2.75) is 64.8 Å². The number of nitrogens with two attached hydrogens (primary N) is 1. The van der Waals surface area contributed by atoms with E-state index in [1.165, 1.54) is 50.0 Å². The molecular formula is C15H27N3. The van der Waals surface area contributed by atoms with Crippen LogP contribution in [0.4, 0.5) is 0 Å². The highest BCUT2D eigenvalue weighted by Crippen LogP contribution is 2.27. The van der Waals surface area contributed by atoms with Crippen LogP contribution in [0.25, 0.3) is 0 Å². The predicted molar refractivity (Wildman–Crippen MR) is 75.6 cm³/mol. The first kappa shape index (κ1) is 13.6. The van der Waals surface area contributed by atoms with Crippen LogP contribution in [-0.2, 0) is 19.4 Å². The van der Waals surface area contributed by atoms with Crippen LogP contribution >= 0.6 is 0 Å². The van der Waals surface area contributed by atoms with Crippen LogP contribution in [0.5, 0.6) is 0 Å². The highest BCUT2D eigenvalue weighted by atomic mass is 15.1. The van der Waals surface area contributed by atoms with Crippen LogP contribution in [0, 0.1) is 5.92 Å². The summed E-state index contributed by atoms with van der Waals surface area (Å²) in [5, 5.41) is 0. The van der Waals surface area contributed by atoms with Crippen molar-refractivity contribution < 1.29 is 0 Å². The second kappa shape index (κ2) is 6.93. The molecule has 102 valence electrons. The number of hydrogen-bond donors (Lipinski definition) is 1. The van der Waals surface area contributed by atoms with E-state index in [1.807, 2.05) is 6.20 Å². The minimum absolute atomic E-state index is 0.716. The molecule has 2 N–H and O–H groups in total. The molecule has 0 saturated heterocycles. The number of aromatic nitrogens is 2. The molecule has 0 aliphatic heterocycles. The molecule has 1 aromatic heterocycles. The Labute approximate surface area is 111 Å². The second-order valence-electron chi connectivity index (χ2n) is 5.49. The Kier molecular flexibility index (Phi) is 5.24. The number of rotatable bonds is 6. The van der Waals surface area contributed by atoms with Gasteiger partial charge in [0.2, 0.25) is 0 Å². The van der Waals surface area contributed by atoms with Crippen molar-refractivity contribution in [3.05, 3.63) is 17.7 Å². The van der Waals surface area contributed by atoms with Gasteiger partial charge in [-0.25, -0.2) is 4.98 Å². The number of imidazole rings is 1. The van der Waals surface area contributed by atoms with Crippen molar-refractivity contribution in [1.82, 2.24) is 9.55 Å². The van der Waals surface area contributed by atoms with Crippen molar-refractivity contribution >= 4 is 0 Å². The molecule has 0 spiro atoms. The largest absolute Gasteiger partial charge is 0.332 e. The molecule has 0 bridgehead atoms. The van der Waals surface area contributed by atoms with Crippen molar-refractivity contribution in [1.29, 1.82) is 0 Å². The molecule has 18 heavy (non-hydrogen) atoms. The van der Waals surface area contributed by atoms with Crippen LogP contribution in [0.2, 0.25) is 0 Å². The average Bonchev–Trinajstić information content (AvgIpc) is 2.80. The molecule has 1 aliphatic carbocycles. The lowest BCUT2D eigenvalue weighted by Crippen LogP contribution is -2.12. The van der Waals surface area contributed by atoms with Gasteiger partial charge in [0.25, 0.3) is 0 Å². The van der Waals surface area contributed by atoms with E-state index < -0.39 is 0 Å². The lowest BCUT2D eigenvalue weighted by Gasteiger charge is -2.21. The quantitative estimate of drug-likeness (QED) is 0.842. The van der Waals surface area contributed by atoms with E-state index in [-0.39, 0.29) is 0 Å². The summed E-state index contributed by atoms with van der Waals surface area (Å²) in [5.41, 5.74) is 6.95. The maximum Gasteiger partial charge on any atom is 0.108 e. The smallest absolute Gasteiger partial charge is 0.108 e. The van der Waals surface area contributed by atoms with Gasteiger partial charge < -0.3 is 10.3 Å². The predicted octanol–water partition coefficient (Wildman–Crippen LogP) is 2.92. The molecule has 1 aromatic rings. The highest BCUT2D eigenvalue weighted by molar-refractivity contribution is 5.06. The van der Waals surface area contributed by atoms with Crippen molar-refractivity contribution in [2.75, 3.05) is 6.54 Å². The third-order valence-electron chi connectivity index (χ3n) is 4.24. The van der Waals surface area contributed by atoms with Crippen LogP contribution in [-0.4, -0.2) is 16.1 Å². The summed E-state index contributed by atoms with van der Waals surface area (Å²) >= 11 is 0. The molecule has 2 rings (SSSR count). The summed E-state index contributed by atoms with van der Waals surface area (Å²) in [5.74, 6) is 2.21. The second-order valence-corrected chi connectivity index (χ2v) is 5.49. The molecule has 1 aliphatic rings.